The molecule has 0 unspecified atom stereocenters. The molecule has 3 aromatic heterocycles. The van der Waals surface area contributed by atoms with E-state index in [-0.39, 0.29) is 33.9 Å². The van der Waals surface area contributed by atoms with Crippen molar-refractivity contribution in [3.05, 3.63) is 63.9 Å². The number of hydrogen-bond donors (Lipinski definition) is 1. The highest BCUT2D eigenvalue weighted by atomic mass is 35.5. The van der Waals surface area contributed by atoms with Crippen LogP contribution in [0.2, 0.25) is 5.02 Å². The third-order valence-corrected chi connectivity index (χ3v) is 7.42. The van der Waals surface area contributed by atoms with E-state index in [1.54, 1.807) is 24.0 Å². The minimum Gasteiger partial charge on any atom is -0.475 e. The summed E-state index contributed by atoms with van der Waals surface area (Å²) in [6, 6.07) is 8.23. The van der Waals surface area contributed by atoms with Crippen LogP contribution in [0.1, 0.15) is 67.0 Å². The lowest BCUT2D eigenvalue weighted by molar-refractivity contribution is 0.0479. The molecular weight excluding hydrogens is 539 g/mol. The van der Waals surface area contributed by atoms with Gasteiger partial charge in [-0.25, -0.2) is 14.2 Å². The number of carbonyl (C=O) groups is 2. The van der Waals surface area contributed by atoms with Crippen LogP contribution >= 0.6 is 11.6 Å². The molecule has 0 radical (unpaired) electrons. The number of furan rings is 1. The summed E-state index contributed by atoms with van der Waals surface area (Å²) < 4.78 is 25.9. The summed E-state index contributed by atoms with van der Waals surface area (Å²) in [5, 5.41) is 9.34. The van der Waals surface area contributed by atoms with Gasteiger partial charge >= 0.3 is 5.97 Å². The molecule has 1 aliphatic rings. The van der Waals surface area contributed by atoms with Gasteiger partial charge in [-0.15, -0.1) is 0 Å². The van der Waals surface area contributed by atoms with Gasteiger partial charge in [0, 0.05) is 36.8 Å². The van der Waals surface area contributed by atoms with Gasteiger partial charge in [-0.3, -0.25) is 4.79 Å². The zero-order chi connectivity index (χ0) is 29.1. The number of rotatable bonds is 4. The van der Waals surface area contributed by atoms with Crippen molar-refractivity contribution in [2.45, 2.75) is 52.5 Å². The van der Waals surface area contributed by atoms with Crippen molar-refractivity contribution in [1.82, 2.24) is 14.9 Å². The number of anilines is 1. The number of amides is 1. The Morgan fingerprint density at radius 2 is 1.82 bits per heavy atom. The molecule has 0 bridgehead atoms. The Morgan fingerprint density at radius 3 is 2.42 bits per heavy atom. The van der Waals surface area contributed by atoms with Crippen LogP contribution in [0.4, 0.5) is 10.4 Å². The zero-order valence-corrected chi connectivity index (χ0v) is 23.9. The number of carboxylic acid groups (broad SMARTS) is 1. The van der Waals surface area contributed by atoms with Crippen molar-refractivity contribution in [3.8, 4) is 11.3 Å². The monoisotopic (exact) mass is 568 g/mol. The molecule has 4 aromatic rings. The topological polar surface area (TPSA) is 113 Å². The molecule has 1 aliphatic heterocycles. The lowest BCUT2D eigenvalue weighted by Crippen LogP contribution is -2.61. The third kappa shape index (κ3) is 4.92. The number of aryl methyl sites for hydroxylation is 1. The fourth-order valence-electron chi connectivity index (χ4n) is 5.03. The van der Waals surface area contributed by atoms with Gasteiger partial charge in [0.1, 0.15) is 11.3 Å². The van der Waals surface area contributed by atoms with Gasteiger partial charge in [-0.05, 0) is 44.4 Å². The van der Waals surface area contributed by atoms with Gasteiger partial charge < -0.3 is 23.7 Å². The van der Waals surface area contributed by atoms with Crippen LogP contribution in [0.3, 0.4) is 0 Å². The Bertz CT molecular complexity index is 1650. The van der Waals surface area contributed by atoms with Crippen molar-refractivity contribution in [1.29, 1.82) is 0 Å². The molecule has 5 rings (SSSR count). The number of halogens is 2. The predicted molar refractivity (Wildman–Crippen MR) is 149 cm³/mol. The highest BCUT2D eigenvalue weighted by Gasteiger charge is 2.40. The molecule has 9 nitrogen and oxygen atoms in total. The minimum absolute atomic E-state index is 0.0278. The van der Waals surface area contributed by atoms with E-state index in [0.717, 1.165) is 5.56 Å². The first kappa shape index (κ1) is 27.6. The third-order valence-electron chi connectivity index (χ3n) is 7.11. The van der Waals surface area contributed by atoms with Crippen molar-refractivity contribution in [2.24, 2.45) is 0 Å². The second-order valence-electron chi connectivity index (χ2n) is 11.7. The Morgan fingerprint density at radius 1 is 1.10 bits per heavy atom. The number of aromatic carboxylic acids is 1. The molecule has 11 heteroatoms. The molecule has 4 heterocycles. The minimum atomic E-state index is -1.18. The summed E-state index contributed by atoms with van der Waals surface area (Å²) in [5.41, 5.74) is 2.22. The van der Waals surface area contributed by atoms with Crippen molar-refractivity contribution < 1.29 is 27.9 Å². The highest BCUT2D eigenvalue weighted by Crippen LogP contribution is 2.36. The lowest BCUT2D eigenvalue weighted by Gasteiger charge is -2.46. The zero-order valence-electron chi connectivity index (χ0n) is 23.1. The molecule has 0 atom stereocenters. The summed E-state index contributed by atoms with van der Waals surface area (Å²) in [6.07, 6.45) is 0. The van der Waals surface area contributed by atoms with Gasteiger partial charge in [0.25, 0.3) is 11.9 Å². The Balaban J connectivity index is 1.48. The number of nitrogens with zero attached hydrogens (tertiary/aromatic N) is 4. The van der Waals surface area contributed by atoms with Crippen LogP contribution < -0.4 is 4.90 Å². The smallest absolute Gasteiger partial charge is 0.373 e. The average Bonchev–Trinajstić information content (AvgIpc) is 3.47. The molecule has 1 amide bonds. The Labute approximate surface area is 235 Å². The quantitative estimate of drug-likeness (QED) is 0.304. The van der Waals surface area contributed by atoms with Gasteiger partial charge in [0.2, 0.25) is 5.76 Å². The van der Waals surface area contributed by atoms with E-state index in [1.807, 2.05) is 45.6 Å². The van der Waals surface area contributed by atoms with Crippen LogP contribution in [-0.2, 0) is 5.41 Å². The molecule has 210 valence electrons. The van der Waals surface area contributed by atoms with Crippen LogP contribution in [0, 0.1) is 12.7 Å². The molecule has 0 aliphatic carbocycles. The maximum atomic E-state index is 14.2. The van der Waals surface area contributed by atoms with E-state index in [2.05, 4.69) is 4.98 Å². The number of oxazole rings is 1. The van der Waals surface area contributed by atoms with Crippen LogP contribution in [-0.4, -0.2) is 57.0 Å². The summed E-state index contributed by atoms with van der Waals surface area (Å²) in [6.45, 7) is 12.6. The number of fused-ring (bicyclic) bond motifs is 1. The standard InChI is InChI=1S/C29H30ClFN4O5/c1-15-23(26(37)38)40-27(32-15)34-9-10-35(29(5,6)14-34)25(36)22-13-21-24(39-22)17(28(2,3)4)12-20(33-21)16-7-8-18(30)19(31)11-16/h7-8,11-13H,9-10,14H2,1-6H3,(H,37,38). The van der Waals surface area contributed by atoms with Crippen LogP contribution in [0.25, 0.3) is 22.4 Å². The SMILES string of the molecule is Cc1nc(N2CCN(C(=O)c3cc4nc(-c5ccc(Cl)c(F)c5)cc(C(C)(C)C)c4o3)C(C)(C)C2)oc1C(=O)O. The van der Waals surface area contributed by atoms with E-state index in [1.165, 1.54) is 12.1 Å². The Hall–Kier alpha value is -3.92. The summed E-state index contributed by atoms with van der Waals surface area (Å²) in [5.74, 6) is -2.06. The summed E-state index contributed by atoms with van der Waals surface area (Å²) in [4.78, 5) is 37.7. The number of carboxylic acids is 1. The van der Waals surface area contributed by atoms with Crippen molar-refractivity contribution >= 4 is 40.6 Å². The molecule has 0 spiro atoms. The van der Waals surface area contributed by atoms with Gasteiger partial charge in [0.05, 0.1) is 21.9 Å². The van der Waals surface area contributed by atoms with Gasteiger partial charge in [0.15, 0.2) is 11.3 Å². The first-order valence-corrected chi connectivity index (χ1v) is 13.2. The number of hydrogen-bond acceptors (Lipinski definition) is 7. The number of pyridine rings is 1. The second kappa shape index (κ2) is 9.62. The van der Waals surface area contributed by atoms with E-state index < -0.39 is 17.3 Å². The molecular formula is C29H30ClFN4O5. The fourth-order valence-corrected chi connectivity index (χ4v) is 5.15. The predicted octanol–water partition coefficient (Wildman–Crippen LogP) is 6.32. The van der Waals surface area contributed by atoms with Gasteiger partial charge in [-0.1, -0.05) is 38.4 Å². The molecule has 1 aromatic carbocycles. The summed E-state index contributed by atoms with van der Waals surface area (Å²) in [7, 11) is 0. The lowest BCUT2D eigenvalue weighted by atomic mass is 9.86. The molecule has 1 N–H and O–H groups in total. The van der Waals surface area contributed by atoms with E-state index in [9.17, 15) is 19.1 Å². The normalized spacial score (nSPS) is 15.6. The van der Waals surface area contributed by atoms with E-state index in [0.29, 0.717) is 47.7 Å². The van der Waals surface area contributed by atoms with E-state index in [4.69, 9.17) is 25.4 Å². The largest absolute Gasteiger partial charge is 0.475 e. The average molecular weight is 569 g/mol. The molecule has 1 saturated heterocycles. The van der Waals surface area contributed by atoms with Gasteiger partial charge in [-0.2, -0.15) is 4.98 Å². The van der Waals surface area contributed by atoms with Crippen molar-refractivity contribution in [3.63, 3.8) is 0 Å². The molecule has 1 fully saturated rings. The first-order chi connectivity index (χ1) is 18.7. The molecule has 40 heavy (non-hydrogen) atoms. The highest BCUT2D eigenvalue weighted by molar-refractivity contribution is 6.30. The first-order valence-electron chi connectivity index (χ1n) is 12.8. The van der Waals surface area contributed by atoms with Crippen molar-refractivity contribution in [2.75, 3.05) is 24.5 Å². The number of carbonyl (C=O) groups excluding carboxylic acids is 1. The Kier molecular flexibility index (Phi) is 6.65. The fraction of sp³-hybridized carbons (Fsp3) is 0.379. The van der Waals surface area contributed by atoms with Crippen LogP contribution in [0.5, 0.6) is 0 Å². The number of aromatic nitrogens is 2. The number of benzene rings is 1. The van der Waals surface area contributed by atoms with Crippen LogP contribution in [0.15, 0.2) is 39.2 Å². The summed E-state index contributed by atoms with van der Waals surface area (Å²) >= 11 is 5.88. The molecule has 0 saturated carbocycles. The number of piperazine rings is 1. The maximum absolute atomic E-state index is 14.2. The maximum Gasteiger partial charge on any atom is 0.373 e. The van der Waals surface area contributed by atoms with E-state index >= 15 is 0 Å². The second-order valence-corrected chi connectivity index (χ2v) is 12.1.